The largest absolute Gasteiger partial charge is 0.505 e. The van der Waals surface area contributed by atoms with Crippen molar-refractivity contribution in [2.45, 2.75) is 13.8 Å². The van der Waals surface area contributed by atoms with Gasteiger partial charge in [0.1, 0.15) is 0 Å². The average molecular weight is 194 g/mol. The van der Waals surface area contributed by atoms with E-state index in [1.165, 1.54) is 19.1 Å². The van der Waals surface area contributed by atoms with Crippen LogP contribution in [0.1, 0.15) is 19.4 Å². The molecule has 0 heterocycles. The van der Waals surface area contributed by atoms with E-state index in [-0.39, 0.29) is 11.5 Å². The van der Waals surface area contributed by atoms with Crippen molar-refractivity contribution >= 4 is 11.9 Å². The minimum atomic E-state index is -0.685. The van der Waals surface area contributed by atoms with Crippen molar-refractivity contribution in [2.24, 2.45) is 0 Å². The zero-order chi connectivity index (χ0) is 10.7. The fraction of sp³-hybridized carbons (Fsp3) is 0.182. The standard InChI is InChI=1S/C11H11FO2/c1-7(8(2)13)5-9-3-4-11(14)10(12)6-9/h3-6,14H,1-2H3/b7-5+. The normalized spacial score (nSPS) is 11.5. The SMILES string of the molecule is CC(=O)/C(C)=C/c1ccc(O)c(F)c1. The van der Waals surface area contributed by atoms with Crippen molar-refractivity contribution in [3.8, 4) is 5.75 Å². The van der Waals surface area contributed by atoms with Gasteiger partial charge in [-0.2, -0.15) is 0 Å². The highest BCUT2D eigenvalue weighted by molar-refractivity contribution is 5.97. The van der Waals surface area contributed by atoms with Crippen LogP contribution < -0.4 is 0 Å². The molecule has 0 aliphatic carbocycles. The van der Waals surface area contributed by atoms with Gasteiger partial charge in [-0.15, -0.1) is 0 Å². The van der Waals surface area contributed by atoms with Gasteiger partial charge in [-0.25, -0.2) is 4.39 Å². The van der Waals surface area contributed by atoms with E-state index in [4.69, 9.17) is 5.11 Å². The summed E-state index contributed by atoms with van der Waals surface area (Å²) in [4.78, 5) is 10.9. The van der Waals surface area contributed by atoms with E-state index >= 15 is 0 Å². The molecule has 0 radical (unpaired) electrons. The summed E-state index contributed by atoms with van der Waals surface area (Å²) in [6.07, 6.45) is 1.57. The van der Waals surface area contributed by atoms with Gasteiger partial charge in [0.2, 0.25) is 0 Å². The molecule has 0 unspecified atom stereocenters. The van der Waals surface area contributed by atoms with Crippen molar-refractivity contribution in [3.63, 3.8) is 0 Å². The predicted molar refractivity (Wildman–Crippen MR) is 52.4 cm³/mol. The number of hydrogen-bond acceptors (Lipinski definition) is 2. The Morgan fingerprint density at radius 3 is 2.57 bits per heavy atom. The van der Waals surface area contributed by atoms with Gasteiger partial charge in [0.05, 0.1) is 0 Å². The number of carbonyl (C=O) groups excluding carboxylic acids is 1. The second-order valence-electron chi connectivity index (χ2n) is 3.09. The van der Waals surface area contributed by atoms with E-state index < -0.39 is 5.82 Å². The summed E-state index contributed by atoms with van der Waals surface area (Å²) in [5.41, 5.74) is 1.11. The lowest BCUT2D eigenvalue weighted by Crippen LogP contribution is -1.90. The van der Waals surface area contributed by atoms with Gasteiger partial charge in [0.25, 0.3) is 0 Å². The molecule has 0 bridgehead atoms. The third-order valence-electron chi connectivity index (χ3n) is 1.91. The van der Waals surface area contributed by atoms with Crippen molar-refractivity contribution in [3.05, 3.63) is 35.2 Å². The van der Waals surface area contributed by atoms with Crippen LogP contribution in [0.4, 0.5) is 4.39 Å². The first kappa shape index (κ1) is 10.4. The molecule has 74 valence electrons. The first-order chi connectivity index (χ1) is 6.50. The molecule has 0 atom stereocenters. The van der Waals surface area contributed by atoms with Gasteiger partial charge in [0.15, 0.2) is 17.3 Å². The summed E-state index contributed by atoms with van der Waals surface area (Å²) in [7, 11) is 0. The van der Waals surface area contributed by atoms with Crippen LogP contribution in [0.2, 0.25) is 0 Å². The molecule has 1 N–H and O–H groups in total. The first-order valence-corrected chi connectivity index (χ1v) is 4.18. The van der Waals surface area contributed by atoms with Gasteiger partial charge in [-0.1, -0.05) is 6.07 Å². The summed E-state index contributed by atoms with van der Waals surface area (Å²) in [6, 6.07) is 3.99. The first-order valence-electron chi connectivity index (χ1n) is 4.18. The summed E-state index contributed by atoms with van der Waals surface area (Å²) in [5.74, 6) is -1.13. The third-order valence-corrected chi connectivity index (χ3v) is 1.91. The van der Waals surface area contributed by atoms with Crippen LogP contribution in [-0.2, 0) is 4.79 Å². The Labute approximate surface area is 81.7 Å². The quantitative estimate of drug-likeness (QED) is 0.734. The summed E-state index contributed by atoms with van der Waals surface area (Å²) in [6.45, 7) is 3.11. The Balaban J connectivity index is 3.04. The molecule has 0 fully saturated rings. The number of phenolic OH excluding ortho intramolecular Hbond substituents is 1. The molecule has 1 aromatic rings. The second kappa shape index (κ2) is 4.05. The van der Waals surface area contributed by atoms with Gasteiger partial charge in [-0.05, 0) is 43.2 Å². The zero-order valence-corrected chi connectivity index (χ0v) is 8.04. The number of halogens is 1. The summed E-state index contributed by atoms with van der Waals surface area (Å²) < 4.78 is 12.9. The maximum atomic E-state index is 12.9. The van der Waals surface area contributed by atoms with Crippen molar-refractivity contribution < 1.29 is 14.3 Å². The number of benzene rings is 1. The van der Waals surface area contributed by atoms with E-state index in [9.17, 15) is 9.18 Å². The van der Waals surface area contributed by atoms with Crippen LogP contribution in [0.25, 0.3) is 6.08 Å². The molecule has 0 aromatic heterocycles. The Kier molecular flexibility index (Phi) is 3.02. The fourth-order valence-corrected chi connectivity index (χ4v) is 0.965. The number of aromatic hydroxyl groups is 1. The Morgan fingerprint density at radius 1 is 1.43 bits per heavy atom. The highest BCUT2D eigenvalue weighted by Gasteiger charge is 2.01. The monoisotopic (exact) mass is 194 g/mol. The van der Waals surface area contributed by atoms with E-state index in [0.29, 0.717) is 11.1 Å². The van der Waals surface area contributed by atoms with Crippen LogP contribution in [0.15, 0.2) is 23.8 Å². The zero-order valence-electron chi connectivity index (χ0n) is 8.04. The number of Topliss-reactive ketones (excluding diaryl/α,β-unsaturated/α-hetero) is 1. The smallest absolute Gasteiger partial charge is 0.165 e. The fourth-order valence-electron chi connectivity index (χ4n) is 0.965. The maximum Gasteiger partial charge on any atom is 0.165 e. The Bertz CT molecular complexity index is 394. The van der Waals surface area contributed by atoms with Crippen molar-refractivity contribution in [1.29, 1.82) is 0 Å². The topological polar surface area (TPSA) is 37.3 Å². The molecule has 0 saturated heterocycles. The lowest BCUT2D eigenvalue weighted by Gasteiger charge is -1.98. The van der Waals surface area contributed by atoms with Crippen LogP contribution in [-0.4, -0.2) is 10.9 Å². The second-order valence-corrected chi connectivity index (χ2v) is 3.09. The lowest BCUT2D eigenvalue weighted by atomic mass is 10.1. The number of ketones is 1. The van der Waals surface area contributed by atoms with E-state index in [1.807, 2.05) is 0 Å². The van der Waals surface area contributed by atoms with Gasteiger partial charge in [0, 0.05) is 0 Å². The van der Waals surface area contributed by atoms with Gasteiger partial charge < -0.3 is 5.11 Å². The van der Waals surface area contributed by atoms with Crippen LogP contribution >= 0.6 is 0 Å². The van der Waals surface area contributed by atoms with Gasteiger partial charge in [-0.3, -0.25) is 4.79 Å². The van der Waals surface area contributed by atoms with Crippen molar-refractivity contribution in [1.82, 2.24) is 0 Å². The average Bonchev–Trinajstić information content (AvgIpc) is 2.11. The minimum Gasteiger partial charge on any atom is -0.505 e. The van der Waals surface area contributed by atoms with Gasteiger partial charge >= 0.3 is 0 Å². The van der Waals surface area contributed by atoms with E-state index in [2.05, 4.69) is 0 Å². The molecule has 0 amide bonds. The molecule has 0 saturated carbocycles. The number of allylic oxidation sites excluding steroid dienone is 1. The molecular weight excluding hydrogens is 183 g/mol. The minimum absolute atomic E-state index is 0.0570. The van der Waals surface area contributed by atoms with E-state index in [0.717, 1.165) is 0 Å². The molecule has 3 heteroatoms. The molecule has 0 spiro atoms. The molecule has 1 rings (SSSR count). The van der Waals surface area contributed by atoms with Crippen molar-refractivity contribution in [2.75, 3.05) is 0 Å². The third kappa shape index (κ3) is 2.42. The molecule has 0 aliphatic heterocycles. The number of phenols is 1. The Morgan fingerprint density at radius 2 is 2.07 bits per heavy atom. The van der Waals surface area contributed by atoms with E-state index in [1.54, 1.807) is 19.1 Å². The maximum absolute atomic E-state index is 12.9. The van der Waals surface area contributed by atoms with Crippen LogP contribution in [0.3, 0.4) is 0 Å². The predicted octanol–water partition coefficient (Wildman–Crippen LogP) is 2.52. The highest BCUT2D eigenvalue weighted by Crippen LogP contribution is 2.17. The van der Waals surface area contributed by atoms with Crippen LogP contribution in [0.5, 0.6) is 5.75 Å². The number of carbonyl (C=O) groups is 1. The molecular formula is C11H11FO2. The summed E-state index contributed by atoms with van der Waals surface area (Å²) in [5, 5.41) is 8.92. The number of rotatable bonds is 2. The molecule has 0 aliphatic rings. The molecule has 2 nitrogen and oxygen atoms in total. The van der Waals surface area contributed by atoms with Crippen LogP contribution in [0, 0.1) is 5.82 Å². The molecule has 14 heavy (non-hydrogen) atoms. The number of hydrogen-bond donors (Lipinski definition) is 1. The molecule has 1 aromatic carbocycles. The lowest BCUT2D eigenvalue weighted by molar-refractivity contribution is -0.113. The highest BCUT2D eigenvalue weighted by atomic mass is 19.1. The Hall–Kier alpha value is -1.64. The summed E-state index contributed by atoms with van der Waals surface area (Å²) >= 11 is 0.